The molecule has 1 aliphatic carbocycles. The number of likely N-dealkylation sites (N-methyl/N-ethyl adjacent to an activating group) is 1. The third kappa shape index (κ3) is 5.02. The second-order valence-electron chi connectivity index (χ2n) is 7.76. The summed E-state index contributed by atoms with van der Waals surface area (Å²) in [4.78, 5) is 24.1. The van der Waals surface area contributed by atoms with E-state index in [4.69, 9.17) is 16.9 Å². The first kappa shape index (κ1) is 23.1. The third-order valence-corrected chi connectivity index (χ3v) is 5.73. The molecule has 2 aliphatic rings. The van der Waals surface area contributed by atoms with Gasteiger partial charge in [0.1, 0.15) is 11.8 Å². The van der Waals surface area contributed by atoms with Crippen LogP contribution in [0.5, 0.6) is 0 Å². The first-order chi connectivity index (χ1) is 14.8. The molecule has 12 heteroatoms. The van der Waals surface area contributed by atoms with Crippen molar-refractivity contribution in [2.45, 2.75) is 52.6 Å². The maximum absolute atomic E-state index is 11.7. The predicted octanol–water partition coefficient (Wildman–Crippen LogP) is 2.84. The summed E-state index contributed by atoms with van der Waals surface area (Å²) in [5, 5.41) is 20.0. The maximum atomic E-state index is 11.7. The number of nitriles is 1. The number of hydrogen-bond donors (Lipinski definition) is 2. The largest absolute Gasteiger partial charge is 0.348 e. The van der Waals surface area contributed by atoms with Crippen LogP contribution in [0.3, 0.4) is 0 Å². The van der Waals surface area contributed by atoms with Gasteiger partial charge in [-0.3, -0.25) is 9.10 Å². The molecule has 1 saturated carbocycles. The zero-order valence-corrected chi connectivity index (χ0v) is 19.7. The van der Waals surface area contributed by atoms with Crippen molar-refractivity contribution in [2.24, 2.45) is 5.92 Å². The molecule has 1 fully saturated rings. The predicted molar refractivity (Wildman–Crippen MR) is 122 cm³/mol. The molecule has 10 nitrogen and oxygen atoms in total. The van der Waals surface area contributed by atoms with Gasteiger partial charge in [0, 0.05) is 13.1 Å². The molecule has 2 aromatic rings. The van der Waals surface area contributed by atoms with E-state index in [0.717, 1.165) is 12.8 Å². The Morgan fingerprint density at radius 1 is 1.32 bits per heavy atom. The van der Waals surface area contributed by atoms with E-state index in [0.29, 0.717) is 35.6 Å². The Balaban J connectivity index is 0.000000858. The second-order valence-corrected chi connectivity index (χ2v) is 8.55. The van der Waals surface area contributed by atoms with Crippen LogP contribution in [0.4, 0.5) is 17.5 Å². The topological polar surface area (TPSA) is 116 Å². The van der Waals surface area contributed by atoms with Gasteiger partial charge in [-0.15, -0.1) is 10.2 Å². The number of thiol groups is 1. The lowest BCUT2D eigenvalue weighted by Gasteiger charge is -2.40. The van der Waals surface area contributed by atoms with Crippen molar-refractivity contribution >= 4 is 47.8 Å². The number of fused-ring (bicyclic) bond motifs is 1. The molecular formula is C19H26ClN9OS. The van der Waals surface area contributed by atoms with Crippen molar-refractivity contribution < 1.29 is 4.79 Å². The van der Waals surface area contributed by atoms with Gasteiger partial charge in [-0.05, 0) is 25.7 Å². The van der Waals surface area contributed by atoms with Crippen LogP contribution in [0.2, 0.25) is 5.15 Å². The standard InChI is InChI=1S/C16H18ClN9OS.C3H8/c1-8-13-15(24(2)7-12(27)20-13)21-16(19-8)26(28)10-3-9(4-10)6-25-22-11(5-18)14(17)23-25;1-3-2/h9-10,28H,3-4,6-7H2,1-2H3,(H,20,27);3H2,1-2H3. The lowest BCUT2D eigenvalue weighted by Crippen LogP contribution is -2.43. The molecule has 0 radical (unpaired) electrons. The van der Waals surface area contributed by atoms with E-state index < -0.39 is 0 Å². The first-order valence-corrected chi connectivity index (χ1v) is 10.9. The van der Waals surface area contributed by atoms with Crippen molar-refractivity contribution in [2.75, 3.05) is 28.1 Å². The number of nitrogens with one attached hydrogen (secondary N) is 1. The molecule has 0 atom stereocenters. The summed E-state index contributed by atoms with van der Waals surface area (Å²) in [7, 11) is 1.83. The number of anilines is 3. The van der Waals surface area contributed by atoms with Gasteiger partial charge in [0.2, 0.25) is 17.5 Å². The van der Waals surface area contributed by atoms with E-state index >= 15 is 0 Å². The molecule has 0 aromatic carbocycles. The summed E-state index contributed by atoms with van der Waals surface area (Å²) in [6.45, 7) is 6.94. The lowest BCUT2D eigenvalue weighted by molar-refractivity contribution is -0.115. The van der Waals surface area contributed by atoms with E-state index in [1.165, 1.54) is 11.2 Å². The van der Waals surface area contributed by atoms with Gasteiger partial charge in [0.15, 0.2) is 11.0 Å². The van der Waals surface area contributed by atoms with Crippen molar-refractivity contribution in [3.8, 4) is 6.07 Å². The Bertz CT molecular complexity index is 999. The highest BCUT2D eigenvalue weighted by molar-refractivity contribution is 7.81. The zero-order valence-electron chi connectivity index (χ0n) is 18.0. The maximum Gasteiger partial charge on any atom is 0.244 e. The van der Waals surface area contributed by atoms with Gasteiger partial charge in [-0.1, -0.05) is 44.7 Å². The molecule has 3 heterocycles. The number of hydrogen-bond acceptors (Lipinski definition) is 9. The Morgan fingerprint density at radius 2 is 2.00 bits per heavy atom. The summed E-state index contributed by atoms with van der Waals surface area (Å²) < 4.78 is 1.78. The minimum atomic E-state index is -0.0779. The molecule has 1 amide bonds. The van der Waals surface area contributed by atoms with E-state index in [-0.39, 0.29) is 29.3 Å². The van der Waals surface area contributed by atoms with E-state index in [9.17, 15) is 4.79 Å². The second kappa shape index (κ2) is 9.70. The summed E-state index contributed by atoms with van der Waals surface area (Å²) >= 11 is 10.5. The quantitative estimate of drug-likeness (QED) is 0.665. The summed E-state index contributed by atoms with van der Waals surface area (Å²) in [5.74, 6) is 1.48. The van der Waals surface area contributed by atoms with Gasteiger partial charge < -0.3 is 10.2 Å². The fourth-order valence-corrected chi connectivity index (χ4v) is 3.90. The van der Waals surface area contributed by atoms with Crippen molar-refractivity contribution in [3.05, 3.63) is 16.5 Å². The normalized spacial score (nSPS) is 19.4. The summed E-state index contributed by atoms with van der Waals surface area (Å²) in [6.07, 6.45) is 2.99. The number of aromatic nitrogens is 5. The van der Waals surface area contributed by atoms with Crippen LogP contribution in [0.15, 0.2) is 0 Å². The number of carbonyl (C=O) groups excluding carboxylic acids is 1. The molecular weight excluding hydrogens is 438 g/mol. The molecule has 0 spiro atoms. The van der Waals surface area contributed by atoms with Crippen molar-refractivity contribution in [1.82, 2.24) is 25.0 Å². The van der Waals surface area contributed by atoms with E-state index in [1.807, 2.05) is 20.0 Å². The molecule has 1 N–H and O–H groups in total. The Kier molecular flexibility index (Phi) is 7.23. The van der Waals surface area contributed by atoms with Crippen LogP contribution < -0.4 is 14.5 Å². The van der Waals surface area contributed by atoms with Gasteiger partial charge in [-0.25, -0.2) is 4.98 Å². The Morgan fingerprint density at radius 3 is 2.61 bits per heavy atom. The van der Waals surface area contributed by atoms with Gasteiger partial charge in [0.05, 0.1) is 18.8 Å². The first-order valence-electron chi connectivity index (χ1n) is 10.2. The van der Waals surface area contributed by atoms with Gasteiger partial charge in [-0.2, -0.15) is 15.0 Å². The van der Waals surface area contributed by atoms with Gasteiger partial charge in [0.25, 0.3) is 0 Å². The van der Waals surface area contributed by atoms with Crippen LogP contribution in [-0.4, -0.2) is 50.5 Å². The monoisotopic (exact) mass is 463 g/mol. The van der Waals surface area contributed by atoms with Crippen molar-refractivity contribution in [1.29, 1.82) is 5.26 Å². The van der Waals surface area contributed by atoms with Crippen LogP contribution in [0.1, 0.15) is 44.5 Å². The molecule has 0 saturated heterocycles. The Labute approximate surface area is 192 Å². The number of nitrogens with zero attached hydrogens (tertiary/aromatic N) is 8. The highest BCUT2D eigenvalue weighted by Gasteiger charge is 2.35. The van der Waals surface area contributed by atoms with E-state index in [2.05, 4.69) is 52.1 Å². The minimum Gasteiger partial charge on any atom is -0.348 e. The van der Waals surface area contributed by atoms with Crippen molar-refractivity contribution in [3.63, 3.8) is 0 Å². The average molecular weight is 464 g/mol. The highest BCUT2D eigenvalue weighted by atomic mass is 35.5. The number of aryl methyl sites for hydroxylation is 1. The molecule has 31 heavy (non-hydrogen) atoms. The molecule has 1 aliphatic heterocycles. The number of carbonyl (C=O) groups is 1. The number of amides is 1. The zero-order chi connectivity index (χ0) is 22.7. The highest BCUT2D eigenvalue weighted by Crippen LogP contribution is 2.37. The fourth-order valence-electron chi connectivity index (χ4n) is 3.46. The molecule has 4 rings (SSSR count). The summed E-state index contributed by atoms with van der Waals surface area (Å²) in [6, 6.07) is 2.09. The lowest BCUT2D eigenvalue weighted by atomic mass is 9.80. The average Bonchev–Trinajstić information content (AvgIpc) is 3.04. The van der Waals surface area contributed by atoms with Gasteiger partial charge >= 0.3 is 0 Å². The van der Waals surface area contributed by atoms with E-state index in [1.54, 1.807) is 9.21 Å². The molecule has 0 unspecified atom stereocenters. The van der Waals surface area contributed by atoms with Crippen LogP contribution in [0.25, 0.3) is 0 Å². The van der Waals surface area contributed by atoms with Crippen LogP contribution in [-0.2, 0) is 11.3 Å². The fraction of sp³-hybridized carbons (Fsp3) is 0.579. The van der Waals surface area contributed by atoms with Crippen LogP contribution >= 0.6 is 24.4 Å². The number of rotatable bonds is 4. The third-order valence-electron chi connectivity index (χ3n) is 4.97. The number of halogens is 1. The molecule has 2 aromatic heterocycles. The smallest absolute Gasteiger partial charge is 0.244 e. The minimum absolute atomic E-state index is 0.0779. The summed E-state index contributed by atoms with van der Waals surface area (Å²) in [5.41, 5.74) is 1.49. The Hall–Kier alpha value is -2.58. The van der Waals surface area contributed by atoms with Crippen LogP contribution in [0, 0.1) is 24.2 Å². The SMILES string of the molecule is CCC.Cc1nc(N(S)C2CC(Cn3nc(Cl)c(C#N)n3)C2)nc2c1NC(=O)CN2C. The molecule has 0 bridgehead atoms. The molecule has 166 valence electrons.